The van der Waals surface area contributed by atoms with E-state index in [1.807, 2.05) is 36.4 Å². The number of nitrogens with zero attached hydrogens (tertiary/aromatic N) is 1. The Morgan fingerprint density at radius 1 is 1.09 bits per heavy atom. The smallest absolute Gasteiger partial charge is 0.274 e. The molecule has 0 spiro atoms. The number of aromatic nitrogens is 2. The molecule has 3 aromatic rings. The lowest BCUT2D eigenvalue weighted by Crippen LogP contribution is -2.15. The van der Waals surface area contributed by atoms with Crippen molar-refractivity contribution in [3.05, 3.63) is 75.8 Å². The number of aromatic amines is 1. The van der Waals surface area contributed by atoms with Crippen molar-refractivity contribution in [3.8, 4) is 17.0 Å². The fourth-order valence-corrected chi connectivity index (χ4v) is 3.88. The molecule has 8 heteroatoms. The minimum atomic E-state index is -3.33. The third-order valence-corrected chi connectivity index (χ3v) is 5.39. The van der Waals surface area contributed by atoms with E-state index in [0.717, 1.165) is 28.7 Å². The molecule has 0 radical (unpaired) electrons. The lowest BCUT2D eigenvalue weighted by molar-refractivity contribution is 0.397. The van der Waals surface area contributed by atoms with Crippen LogP contribution in [0.15, 0.2) is 53.6 Å². The van der Waals surface area contributed by atoms with Gasteiger partial charge in [0.25, 0.3) is 5.56 Å². The van der Waals surface area contributed by atoms with E-state index >= 15 is 0 Å². The van der Waals surface area contributed by atoms with Gasteiger partial charge in [0, 0.05) is 34.8 Å². The first kappa shape index (κ1) is 23.3. The van der Waals surface area contributed by atoms with E-state index in [1.165, 1.54) is 6.20 Å². The first-order chi connectivity index (χ1) is 15.0. The van der Waals surface area contributed by atoms with E-state index in [9.17, 15) is 13.2 Å². The molecule has 0 fully saturated rings. The van der Waals surface area contributed by atoms with E-state index < -0.39 is 10.0 Å². The van der Waals surface area contributed by atoms with E-state index in [2.05, 4.69) is 35.5 Å². The van der Waals surface area contributed by atoms with Crippen molar-refractivity contribution in [2.75, 3.05) is 18.1 Å². The summed E-state index contributed by atoms with van der Waals surface area (Å²) in [4.78, 5) is 19.3. The Balaban J connectivity index is 2.07. The summed E-state index contributed by atoms with van der Waals surface area (Å²) in [5.41, 5.74) is 3.67. The minimum Gasteiger partial charge on any atom is -0.496 e. The van der Waals surface area contributed by atoms with Crippen LogP contribution in [0.3, 0.4) is 0 Å². The molecule has 0 saturated heterocycles. The van der Waals surface area contributed by atoms with Gasteiger partial charge in [-0.05, 0) is 35.2 Å². The van der Waals surface area contributed by atoms with Gasteiger partial charge in [-0.25, -0.2) is 13.4 Å². The van der Waals surface area contributed by atoms with Gasteiger partial charge in [0.2, 0.25) is 10.0 Å². The second kappa shape index (κ2) is 9.00. The summed E-state index contributed by atoms with van der Waals surface area (Å²) in [6, 6.07) is 10.8. The van der Waals surface area contributed by atoms with Crippen LogP contribution in [0.1, 0.15) is 37.5 Å². The number of sulfonamides is 1. The number of nitrogens with one attached hydrogen (secondary N) is 2. The molecule has 0 bridgehead atoms. The van der Waals surface area contributed by atoms with Crippen LogP contribution in [-0.2, 0) is 15.4 Å². The van der Waals surface area contributed by atoms with Crippen molar-refractivity contribution < 1.29 is 13.2 Å². The van der Waals surface area contributed by atoms with Gasteiger partial charge in [-0.2, -0.15) is 0 Å². The highest BCUT2D eigenvalue weighted by Crippen LogP contribution is 2.38. The predicted octanol–water partition coefficient (Wildman–Crippen LogP) is 4.28. The number of benzene rings is 2. The molecule has 3 rings (SSSR count). The van der Waals surface area contributed by atoms with Gasteiger partial charge in [0.1, 0.15) is 11.4 Å². The molecular formula is C24H27N3O4S. The summed E-state index contributed by atoms with van der Waals surface area (Å²) in [6.07, 6.45) is 7.98. The van der Waals surface area contributed by atoms with Gasteiger partial charge in [-0.3, -0.25) is 9.52 Å². The van der Waals surface area contributed by atoms with Gasteiger partial charge in [0.05, 0.1) is 13.4 Å². The Labute approximate surface area is 188 Å². The zero-order chi connectivity index (χ0) is 23.5. The second-order valence-corrected chi connectivity index (χ2v) is 10.2. The number of H-pyrrole nitrogens is 1. The Morgan fingerprint density at radius 3 is 2.34 bits per heavy atom. The molecule has 1 aromatic heterocycles. The van der Waals surface area contributed by atoms with Crippen molar-refractivity contribution in [2.45, 2.75) is 26.2 Å². The number of hydrogen-bond donors (Lipinski definition) is 2. The lowest BCUT2D eigenvalue weighted by Gasteiger charge is -2.24. The molecule has 0 amide bonds. The monoisotopic (exact) mass is 453 g/mol. The highest BCUT2D eigenvalue weighted by molar-refractivity contribution is 7.92. The molecule has 168 valence electrons. The average molecular weight is 454 g/mol. The van der Waals surface area contributed by atoms with Crippen molar-refractivity contribution in [2.24, 2.45) is 0 Å². The maximum atomic E-state index is 12.3. The minimum absolute atomic E-state index is 0.232. The van der Waals surface area contributed by atoms with Gasteiger partial charge < -0.3 is 9.72 Å². The van der Waals surface area contributed by atoms with Crippen molar-refractivity contribution in [1.29, 1.82) is 0 Å². The lowest BCUT2D eigenvalue weighted by atomic mass is 9.83. The van der Waals surface area contributed by atoms with E-state index in [4.69, 9.17) is 4.74 Å². The molecule has 0 unspecified atom stereocenters. The first-order valence-electron chi connectivity index (χ1n) is 10.0. The molecule has 0 atom stereocenters. The quantitative estimate of drug-likeness (QED) is 0.543. The van der Waals surface area contributed by atoms with Gasteiger partial charge in [0.15, 0.2) is 0 Å². The van der Waals surface area contributed by atoms with Crippen LogP contribution >= 0.6 is 0 Å². The fraction of sp³-hybridized carbons (Fsp3) is 0.250. The van der Waals surface area contributed by atoms with Gasteiger partial charge in [-0.1, -0.05) is 45.1 Å². The zero-order valence-electron chi connectivity index (χ0n) is 18.8. The Hall–Kier alpha value is -3.39. The fourth-order valence-electron chi connectivity index (χ4n) is 3.32. The molecule has 32 heavy (non-hydrogen) atoms. The Kier molecular flexibility index (Phi) is 6.55. The standard InChI is InChI=1S/C24H27N3O4S/c1-24(2,3)20-15-18(21-23(28)26-13-12-25-21)14-17(22(20)31-4)9-6-16-7-10-19(11-8-16)27-32(5,29)30/h6-15,27H,1-5H3,(H,26,28)/b9-6+. The molecule has 2 aromatic carbocycles. The second-order valence-electron chi connectivity index (χ2n) is 8.49. The van der Waals surface area contributed by atoms with Gasteiger partial charge in [-0.15, -0.1) is 0 Å². The topological polar surface area (TPSA) is 101 Å². The normalized spacial score (nSPS) is 12.2. The molecule has 0 aliphatic heterocycles. The summed E-state index contributed by atoms with van der Waals surface area (Å²) < 4.78 is 31.0. The largest absolute Gasteiger partial charge is 0.496 e. The maximum Gasteiger partial charge on any atom is 0.274 e. The summed E-state index contributed by atoms with van der Waals surface area (Å²) in [7, 11) is -1.70. The van der Waals surface area contributed by atoms with Crippen LogP contribution in [0.4, 0.5) is 5.69 Å². The summed E-state index contributed by atoms with van der Waals surface area (Å²) in [6.45, 7) is 6.24. The van der Waals surface area contributed by atoms with Crippen molar-refractivity contribution in [1.82, 2.24) is 9.97 Å². The zero-order valence-corrected chi connectivity index (χ0v) is 19.6. The van der Waals surface area contributed by atoms with Crippen LogP contribution in [0.2, 0.25) is 0 Å². The first-order valence-corrected chi connectivity index (χ1v) is 11.9. The van der Waals surface area contributed by atoms with Crippen LogP contribution in [-0.4, -0.2) is 31.8 Å². The molecule has 1 heterocycles. The van der Waals surface area contributed by atoms with Crippen molar-refractivity contribution in [3.63, 3.8) is 0 Å². The summed E-state index contributed by atoms with van der Waals surface area (Å²) in [5, 5.41) is 0. The Morgan fingerprint density at radius 2 is 1.78 bits per heavy atom. The van der Waals surface area contributed by atoms with E-state index in [1.54, 1.807) is 25.4 Å². The number of methoxy groups -OCH3 is 1. The highest BCUT2D eigenvalue weighted by Gasteiger charge is 2.23. The Bertz CT molecular complexity index is 1300. The average Bonchev–Trinajstić information content (AvgIpc) is 2.71. The van der Waals surface area contributed by atoms with Crippen molar-refractivity contribution >= 4 is 27.9 Å². The van der Waals surface area contributed by atoms with Gasteiger partial charge >= 0.3 is 0 Å². The molecule has 0 saturated carbocycles. The number of rotatable bonds is 6. The summed E-state index contributed by atoms with van der Waals surface area (Å²) >= 11 is 0. The van der Waals surface area contributed by atoms with E-state index in [-0.39, 0.29) is 11.0 Å². The third kappa shape index (κ3) is 5.64. The maximum absolute atomic E-state index is 12.3. The van der Waals surface area contributed by atoms with Crippen LogP contribution in [0.5, 0.6) is 5.75 Å². The molecule has 0 aliphatic rings. The van der Waals surface area contributed by atoms with Crippen LogP contribution < -0.4 is 15.0 Å². The molecule has 2 N–H and O–H groups in total. The third-order valence-electron chi connectivity index (χ3n) is 4.78. The van der Waals surface area contributed by atoms with Crippen LogP contribution in [0, 0.1) is 0 Å². The number of anilines is 1. The highest BCUT2D eigenvalue weighted by atomic mass is 32.2. The van der Waals surface area contributed by atoms with Crippen LogP contribution in [0.25, 0.3) is 23.4 Å². The SMILES string of the molecule is COc1c(/C=C/c2ccc(NS(C)(=O)=O)cc2)cc(-c2ncc[nH]c2=O)cc1C(C)(C)C. The molecule has 0 aliphatic carbocycles. The number of ether oxygens (including phenoxy) is 1. The molecule has 7 nitrogen and oxygen atoms in total. The molecular weight excluding hydrogens is 426 g/mol. The summed E-state index contributed by atoms with van der Waals surface area (Å²) in [5.74, 6) is 0.722. The van der Waals surface area contributed by atoms with E-state index in [0.29, 0.717) is 16.9 Å². The number of hydrogen-bond acceptors (Lipinski definition) is 5. The predicted molar refractivity (Wildman–Crippen MR) is 129 cm³/mol.